The number of cyclic esters (lactones) is 1. The molecule has 0 saturated carbocycles. The molecule has 3 aliphatic rings. The summed E-state index contributed by atoms with van der Waals surface area (Å²) in [6.07, 6.45) is -11.3. The van der Waals surface area contributed by atoms with Gasteiger partial charge in [0.25, 0.3) is 0 Å². The molecule has 3 heterocycles. The van der Waals surface area contributed by atoms with Gasteiger partial charge >= 0.3 is 11.9 Å². The lowest BCUT2D eigenvalue weighted by Gasteiger charge is -2.40. The number of phenolic OH excluding ortho intramolecular Hbond substituents is 1. The lowest BCUT2D eigenvalue weighted by molar-refractivity contribution is -0.289. The average molecular weight is 653 g/mol. The highest BCUT2D eigenvalue weighted by molar-refractivity contribution is 5.95. The van der Waals surface area contributed by atoms with E-state index in [1.807, 2.05) is 0 Å². The van der Waals surface area contributed by atoms with Crippen molar-refractivity contribution in [3.63, 3.8) is 0 Å². The number of aliphatic hydroxyl groups excluding tert-OH is 4. The van der Waals surface area contributed by atoms with Crippen LogP contribution in [0.2, 0.25) is 0 Å². The van der Waals surface area contributed by atoms with E-state index < -0.39 is 92.3 Å². The SMILES string of the molecule is COc1ccc(C(=O)OC[C@@]2(O)CO[C@@H](OC[C@H]3O[C@@H](Oc4cc(O)c5c(c4)CC(C)OC5=O)[C@H](O)[C@@H](O)[C@@H]3O)[C@@H]2O)cc1OC. The zero-order valence-corrected chi connectivity index (χ0v) is 25.1. The van der Waals surface area contributed by atoms with Crippen LogP contribution in [-0.4, -0.2) is 131 Å². The third-order valence-electron chi connectivity index (χ3n) is 7.92. The first kappa shape index (κ1) is 33.6. The molecule has 6 N–H and O–H groups in total. The Morgan fingerprint density at radius 1 is 1.00 bits per heavy atom. The number of carbonyl (C=O) groups excluding carboxylic acids is 2. The first-order valence-corrected chi connectivity index (χ1v) is 14.3. The molecule has 2 saturated heterocycles. The van der Waals surface area contributed by atoms with Gasteiger partial charge in [-0.25, -0.2) is 9.59 Å². The summed E-state index contributed by atoms with van der Waals surface area (Å²) in [7, 11) is 2.84. The van der Waals surface area contributed by atoms with Gasteiger partial charge in [-0.15, -0.1) is 0 Å². The maximum absolute atomic E-state index is 12.6. The molecule has 9 atom stereocenters. The zero-order chi connectivity index (χ0) is 33.3. The van der Waals surface area contributed by atoms with E-state index >= 15 is 0 Å². The highest BCUT2D eigenvalue weighted by Gasteiger charge is 2.51. The lowest BCUT2D eigenvalue weighted by atomic mass is 9.97. The molecule has 2 fully saturated rings. The molecule has 1 unspecified atom stereocenters. The van der Waals surface area contributed by atoms with Crippen LogP contribution in [0.4, 0.5) is 0 Å². The Bertz CT molecular complexity index is 1430. The predicted octanol–water partition coefficient (Wildman–Crippen LogP) is -0.981. The number of hydrogen-bond donors (Lipinski definition) is 6. The molecule has 2 aromatic carbocycles. The number of aromatic hydroxyl groups is 1. The van der Waals surface area contributed by atoms with Gasteiger partial charge in [-0.3, -0.25) is 0 Å². The fourth-order valence-corrected chi connectivity index (χ4v) is 5.35. The maximum Gasteiger partial charge on any atom is 0.342 e. The molecule has 16 nitrogen and oxygen atoms in total. The van der Waals surface area contributed by atoms with Crippen molar-refractivity contribution in [2.45, 2.75) is 68.1 Å². The predicted molar refractivity (Wildman–Crippen MR) is 150 cm³/mol. The van der Waals surface area contributed by atoms with Crippen molar-refractivity contribution in [1.82, 2.24) is 0 Å². The van der Waals surface area contributed by atoms with Crippen molar-refractivity contribution in [2.75, 3.05) is 34.0 Å². The molecule has 0 aromatic heterocycles. The van der Waals surface area contributed by atoms with Crippen molar-refractivity contribution in [3.8, 4) is 23.0 Å². The van der Waals surface area contributed by atoms with Gasteiger partial charge in [-0.2, -0.15) is 0 Å². The van der Waals surface area contributed by atoms with E-state index in [2.05, 4.69) is 0 Å². The monoisotopic (exact) mass is 652 g/mol. The van der Waals surface area contributed by atoms with Crippen LogP contribution < -0.4 is 14.2 Å². The number of hydrogen-bond acceptors (Lipinski definition) is 16. The number of rotatable bonds is 10. The molecule has 252 valence electrons. The van der Waals surface area contributed by atoms with Crippen molar-refractivity contribution in [2.24, 2.45) is 0 Å². The van der Waals surface area contributed by atoms with Gasteiger partial charge in [-0.05, 0) is 36.8 Å². The minimum absolute atomic E-state index is 0.00713. The Balaban J connectivity index is 1.18. The summed E-state index contributed by atoms with van der Waals surface area (Å²) in [6, 6.07) is 6.91. The van der Waals surface area contributed by atoms with Crippen LogP contribution >= 0.6 is 0 Å². The highest BCUT2D eigenvalue weighted by atomic mass is 16.7. The van der Waals surface area contributed by atoms with E-state index in [0.717, 1.165) is 6.07 Å². The van der Waals surface area contributed by atoms with Gasteiger partial charge in [0.15, 0.2) is 23.4 Å². The van der Waals surface area contributed by atoms with Crippen molar-refractivity contribution >= 4 is 11.9 Å². The molecule has 0 amide bonds. The summed E-state index contributed by atoms with van der Waals surface area (Å²) in [5.41, 5.74) is -1.52. The second-order valence-corrected chi connectivity index (χ2v) is 11.2. The minimum Gasteiger partial charge on any atom is -0.507 e. The number of phenols is 1. The Kier molecular flexibility index (Phi) is 9.90. The molecule has 0 radical (unpaired) electrons. The van der Waals surface area contributed by atoms with Crippen LogP contribution in [0.1, 0.15) is 33.2 Å². The Labute approximate surface area is 262 Å². The second-order valence-electron chi connectivity index (χ2n) is 11.2. The summed E-state index contributed by atoms with van der Waals surface area (Å²) >= 11 is 0. The first-order chi connectivity index (χ1) is 21.8. The average Bonchev–Trinajstić information content (AvgIpc) is 3.31. The molecule has 16 heteroatoms. The third-order valence-corrected chi connectivity index (χ3v) is 7.92. The van der Waals surface area contributed by atoms with Gasteiger partial charge in [0.1, 0.15) is 60.3 Å². The molecule has 3 aliphatic heterocycles. The summed E-state index contributed by atoms with van der Waals surface area (Å²) < 4.78 is 42.9. The van der Waals surface area contributed by atoms with Gasteiger partial charge in [0.05, 0.1) is 33.0 Å². The number of esters is 2. The number of benzene rings is 2. The molecule has 5 rings (SSSR count). The summed E-state index contributed by atoms with van der Waals surface area (Å²) in [6.45, 7) is 0.0368. The van der Waals surface area contributed by atoms with Crippen LogP contribution in [0, 0.1) is 0 Å². The molecular formula is C30H36O16. The fraction of sp³-hybridized carbons (Fsp3) is 0.533. The van der Waals surface area contributed by atoms with E-state index in [4.69, 9.17) is 37.9 Å². The van der Waals surface area contributed by atoms with E-state index in [1.54, 1.807) is 6.92 Å². The van der Waals surface area contributed by atoms with Crippen molar-refractivity contribution < 1.29 is 78.1 Å². The van der Waals surface area contributed by atoms with Crippen LogP contribution in [-0.2, 0) is 30.1 Å². The lowest BCUT2D eigenvalue weighted by Crippen LogP contribution is -2.60. The number of methoxy groups -OCH3 is 2. The second kappa shape index (κ2) is 13.5. The van der Waals surface area contributed by atoms with E-state index in [1.165, 1.54) is 38.5 Å². The van der Waals surface area contributed by atoms with Crippen LogP contribution in [0.3, 0.4) is 0 Å². The summed E-state index contributed by atoms with van der Waals surface area (Å²) in [5.74, 6) is -1.23. The molecule has 46 heavy (non-hydrogen) atoms. The quantitative estimate of drug-likeness (QED) is 0.169. The molecule has 0 aliphatic carbocycles. The minimum atomic E-state index is -2.05. The van der Waals surface area contributed by atoms with Gasteiger partial charge in [0, 0.05) is 12.5 Å². The smallest absolute Gasteiger partial charge is 0.342 e. The van der Waals surface area contributed by atoms with E-state index in [0.29, 0.717) is 17.7 Å². The normalized spacial score (nSPS) is 32.3. The van der Waals surface area contributed by atoms with Gasteiger partial charge < -0.3 is 68.5 Å². The van der Waals surface area contributed by atoms with E-state index in [9.17, 15) is 40.2 Å². The Morgan fingerprint density at radius 3 is 2.46 bits per heavy atom. The Morgan fingerprint density at radius 2 is 1.74 bits per heavy atom. The van der Waals surface area contributed by atoms with Crippen molar-refractivity contribution in [1.29, 1.82) is 0 Å². The Hall–Kier alpha value is -3.74. The number of carbonyl (C=O) groups is 2. The summed E-state index contributed by atoms with van der Waals surface area (Å²) in [5, 5.41) is 63.6. The summed E-state index contributed by atoms with van der Waals surface area (Å²) in [4.78, 5) is 24.8. The molecule has 0 bridgehead atoms. The van der Waals surface area contributed by atoms with Gasteiger partial charge in [0.2, 0.25) is 6.29 Å². The molecule has 0 spiro atoms. The number of ether oxygens (including phenoxy) is 8. The fourth-order valence-electron chi connectivity index (χ4n) is 5.35. The topological polar surface area (TPSA) is 229 Å². The first-order valence-electron chi connectivity index (χ1n) is 14.3. The largest absolute Gasteiger partial charge is 0.507 e. The van der Waals surface area contributed by atoms with Gasteiger partial charge in [-0.1, -0.05) is 0 Å². The van der Waals surface area contributed by atoms with Crippen LogP contribution in [0.15, 0.2) is 30.3 Å². The molecular weight excluding hydrogens is 616 g/mol. The number of aliphatic hydroxyl groups is 5. The standard InChI is InChI=1S/C30H36O16/c1-13-6-15-7-16(9-17(31)21(15)27(37)44-13)45-28-24(34)23(33)22(32)20(46-28)10-41-29-25(35)30(38,12-43-29)11-42-26(36)14-4-5-18(39-2)19(8-14)40-3/h4-5,7-9,13,20,22-25,28-29,31-35,38H,6,10-12H2,1-3H3/t13?,20-,22-,23+,24-,25+,28-,29-,30-/m1/s1. The zero-order valence-electron chi connectivity index (χ0n) is 25.1. The van der Waals surface area contributed by atoms with E-state index in [-0.39, 0.29) is 22.6 Å². The maximum atomic E-state index is 12.6. The van der Waals surface area contributed by atoms with Crippen LogP contribution in [0.25, 0.3) is 0 Å². The number of fused-ring (bicyclic) bond motifs is 1. The highest BCUT2D eigenvalue weighted by Crippen LogP contribution is 2.35. The third kappa shape index (κ3) is 6.70. The van der Waals surface area contributed by atoms with Crippen molar-refractivity contribution in [3.05, 3.63) is 47.0 Å². The molecule has 2 aromatic rings. The van der Waals surface area contributed by atoms with Crippen LogP contribution in [0.5, 0.6) is 23.0 Å².